The predicted molar refractivity (Wildman–Crippen MR) is 152 cm³/mol. The maximum atomic E-state index is 15.2. The molecule has 0 aromatic heterocycles. The van der Waals surface area contributed by atoms with E-state index >= 15 is 17.6 Å². The van der Waals surface area contributed by atoms with Crippen molar-refractivity contribution in [3.63, 3.8) is 0 Å². The van der Waals surface area contributed by atoms with Crippen LogP contribution in [-0.2, 0) is 0 Å². The van der Waals surface area contributed by atoms with Gasteiger partial charge in [-0.1, -0.05) is 97.1 Å². The Morgan fingerprint density at radius 3 is 0.550 bits per heavy atom. The van der Waals surface area contributed by atoms with Gasteiger partial charge in [-0.15, -0.1) is 0 Å². The Hall–Kier alpha value is -4.96. The van der Waals surface area contributed by atoms with Gasteiger partial charge in [-0.2, -0.15) is 0 Å². The molecule has 0 fully saturated rings. The molecule has 0 nitrogen and oxygen atoms in total. The van der Waals surface area contributed by atoms with E-state index in [9.17, 15) is 0 Å². The van der Waals surface area contributed by atoms with E-state index in [0.717, 1.165) is 22.3 Å². The van der Waals surface area contributed by atoms with Crippen LogP contribution in [0.5, 0.6) is 0 Å². The van der Waals surface area contributed by atoms with Crippen molar-refractivity contribution < 1.29 is 17.6 Å². The van der Waals surface area contributed by atoms with Crippen molar-refractivity contribution in [2.45, 2.75) is 0 Å². The third-order valence-corrected chi connectivity index (χ3v) is 7.56. The second-order valence-corrected chi connectivity index (χ2v) is 9.93. The molecule has 6 aromatic carbocycles. The van der Waals surface area contributed by atoms with Gasteiger partial charge in [0.2, 0.25) is 0 Å². The molecule has 0 atom stereocenters. The molecule has 16 aliphatic rings. The number of halogens is 4. The molecular weight excluding hydrogens is 508 g/mol. The van der Waals surface area contributed by atoms with Gasteiger partial charge in [0.05, 0.1) is 0 Å². The van der Waals surface area contributed by atoms with E-state index in [4.69, 9.17) is 0 Å². The summed E-state index contributed by atoms with van der Waals surface area (Å²) in [4.78, 5) is 0. The smallest absolute Gasteiger partial charge is 0.131 e. The van der Waals surface area contributed by atoms with Crippen LogP contribution in [0.1, 0.15) is 0 Å². The molecule has 0 saturated heterocycles. The number of hydrogen-bond donors (Lipinski definition) is 0. The van der Waals surface area contributed by atoms with Crippen molar-refractivity contribution in [1.82, 2.24) is 0 Å². The number of rotatable bonds is 0. The van der Waals surface area contributed by atoms with Gasteiger partial charge in [0.1, 0.15) is 23.3 Å². The van der Waals surface area contributed by atoms with E-state index in [0.29, 0.717) is 22.3 Å². The molecule has 12 bridgehead atoms. The summed E-state index contributed by atoms with van der Waals surface area (Å²) >= 11 is 0. The molecule has 0 N–H and O–H groups in total. The fourth-order valence-corrected chi connectivity index (χ4v) is 5.35. The van der Waals surface area contributed by atoms with Gasteiger partial charge in [0, 0.05) is 22.3 Å². The van der Waals surface area contributed by atoms with E-state index in [1.807, 2.05) is 48.5 Å². The van der Waals surface area contributed by atoms with E-state index in [2.05, 4.69) is 0 Å². The van der Waals surface area contributed by atoms with Crippen molar-refractivity contribution in [2.75, 3.05) is 0 Å². The summed E-state index contributed by atoms with van der Waals surface area (Å²) in [6.07, 6.45) is 0. The van der Waals surface area contributed by atoms with Crippen LogP contribution in [0.4, 0.5) is 17.6 Å². The predicted octanol–water partition coefficient (Wildman–Crippen LogP) is 10.6. The third kappa shape index (κ3) is 4.09. The van der Waals surface area contributed by atoms with Crippen LogP contribution in [0.15, 0.2) is 121 Å². The largest absolute Gasteiger partial charge is 0.206 e. The summed E-state index contributed by atoms with van der Waals surface area (Å²) in [7, 11) is 0. The van der Waals surface area contributed by atoms with Crippen LogP contribution >= 0.6 is 0 Å². The number of hydrogen-bond acceptors (Lipinski definition) is 0. The molecule has 16 aliphatic carbocycles. The van der Waals surface area contributed by atoms with Crippen molar-refractivity contribution in [3.05, 3.63) is 145 Å². The average molecular weight is 529 g/mol. The van der Waals surface area contributed by atoms with Crippen LogP contribution in [0.2, 0.25) is 0 Å². The minimum atomic E-state index is -0.512. The first-order valence-corrected chi connectivity index (χ1v) is 12.9. The Bertz CT molecular complexity index is 1600. The molecule has 0 radical (unpaired) electrons. The van der Waals surface area contributed by atoms with Crippen molar-refractivity contribution >= 4 is 0 Å². The fourth-order valence-electron chi connectivity index (χ4n) is 5.35. The van der Waals surface area contributed by atoms with E-state index in [-0.39, 0.29) is 22.3 Å². The van der Waals surface area contributed by atoms with Gasteiger partial charge in [-0.3, -0.25) is 0 Å². The Balaban J connectivity index is 1.41. The summed E-state index contributed by atoms with van der Waals surface area (Å²) in [6.45, 7) is 0. The molecule has 0 spiro atoms. The first-order valence-electron chi connectivity index (χ1n) is 12.9. The molecule has 4 heteroatoms. The standard InChI is InChI=1S/C36H20F4/c37-33-18-30-27-13-5-23(6-14-27)24-7-15-28(16-8-24)32-20-35(39)31(19-36(32)40)26-11-3-22(4-12-26)21-1-9-25(10-2-21)29(33)17-34(30)38/h1-20H. The molecule has 0 heterocycles. The van der Waals surface area contributed by atoms with E-state index < -0.39 is 23.3 Å². The van der Waals surface area contributed by atoms with Gasteiger partial charge in [0.25, 0.3) is 0 Å². The zero-order valence-corrected chi connectivity index (χ0v) is 21.1. The summed E-state index contributed by atoms with van der Waals surface area (Å²) in [5.41, 5.74) is 6.32. The normalized spacial score (nSPS) is 11.5. The molecule has 0 unspecified atom stereocenters. The van der Waals surface area contributed by atoms with Crippen molar-refractivity contribution in [2.24, 2.45) is 0 Å². The molecule has 192 valence electrons. The Morgan fingerprint density at radius 2 is 0.375 bits per heavy atom. The van der Waals surface area contributed by atoms with Crippen LogP contribution in [0, 0.1) is 23.3 Å². The first-order chi connectivity index (χ1) is 19.4. The van der Waals surface area contributed by atoms with Crippen LogP contribution in [0.25, 0.3) is 66.8 Å². The highest BCUT2D eigenvalue weighted by atomic mass is 19.1. The summed E-state index contributed by atoms with van der Waals surface area (Å²) in [5.74, 6) is -2.05. The zero-order valence-electron chi connectivity index (χ0n) is 21.1. The van der Waals surface area contributed by atoms with Crippen LogP contribution < -0.4 is 0 Å². The Kier molecular flexibility index (Phi) is 5.64. The molecule has 0 amide bonds. The van der Waals surface area contributed by atoms with Crippen LogP contribution in [0.3, 0.4) is 0 Å². The van der Waals surface area contributed by atoms with E-state index in [1.54, 1.807) is 48.5 Å². The minimum Gasteiger partial charge on any atom is -0.206 e. The SMILES string of the molecule is Fc1cc2c(F)cc1-c1ccc(cc1)-c1ccc(cc1)-c1cc(F)c(cc1F)-c1ccc(cc1)-c1ccc-2cc1. The van der Waals surface area contributed by atoms with Crippen molar-refractivity contribution in [1.29, 1.82) is 0 Å². The Labute approximate surface area is 228 Å². The molecular formula is C36H20F4. The van der Waals surface area contributed by atoms with Gasteiger partial charge >= 0.3 is 0 Å². The highest BCUT2D eigenvalue weighted by Crippen LogP contribution is 2.36. The molecule has 22 rings (SSSR count). The maximum Gasteiger partial charge on any atom is 0.131 e. The third-order valence-electron chi connectivity index (χ3n) is 7.56. The second-order valence-electron chi connectivity index (χ2n) is 9.93. The van der Waals surface area contributed by atoms with Gasteiger partial charge in [-0.25, -0.2) is 17.6 Å². The van der Waals surface area contributed by atoms with Gasteiger partial charge in [0.15, 0.2) is 0 Å². The highest BCUT2D eigenvalue weighted by molar-refractivity contribution is 5.79. The zero-order chi connectivity index (χ0) is 27.4. The lowest BCUT2D eigenvalue weighted by Gasteiger charge is -2.12. The summed E-state index contributed by atoms with van der Waals surface area (Å²) < 4.78 is 60.9. The lowest BCUT2D eigenvalue weighted by atomic mass is 9.94. The second kappa shape index (κ2) is 9.35. The highest BCUT2D eigenvalue weighted by Gasteiger charge is 2.16. The quantitative estimate of drug-likeness (QED) is 0.172. The summed E-state index contributed by atoms with van der Waals surface area (Å²) in [5, 5.41) is 0. The van der Waals surface area contributed by atoms with Crippen molar-refractivity contribution in [3.8, 4) is 66.8 Å². The fraction of sp³-hybridized carbons (Fsp3) is 0. The molecule has 40 heavy (non-hydrogen) atoms. The Morgan fingerprint density at radius 1 is 0.225 bits per heavy atom. The van der Waals surface area contributed by atoms with Crippen LogP contribution in [-0.4, -0.2) is 0 Å². The first kappa shape index (κ1) is 24.1. The average Bonchev–Trinajstić information content (AvgIpc) is 2.99. The lowest BCUT2D eigenvalue weighted by molar-refractivity contribution is 0.606. The van der Waals surface area contributed by atoms with Gasteiger partial charge < -0.3 is 0 Å². The monoisotopic (exact) mass is 528 g/mol. The van der Waals surface area contributed by atoms with Gasteiger partial charge in [-0.05, 0) is 68.8 Å². The minimum absolute atomic E-state index is 0.176. The summed E-state index contributed by atoms with van der Waals surface area (Å²) in [6, 6.07) is 33.5. The number of benzene rings is 6. The molecule has 0 aliphatic heterocycles. The molecule has 0 saturated carbocycles. The topological polar surface area (TPSA) is 0 Å². The van der Waals surface area contributed by atoms with E-state index in [1.165, 1.54) is 24.3 Å². The lowest BCUT2D eigenvalue weighted by Crippen LogP contribution is -1.93. The maximum absolute atomic E-state index is 15.2. The molecule has 6 aromatic rings.